The highest BCUT2D eigenvalue weighted by Gasteiger charge is 2.33. The molecule has 0 radical (unpaired) electrons. The van der Waals surface area contributed by atoms with Crippen LogP contribution < -0.4 is 5.32 Å². The third-order valence-corrected chi connectivity index (χ3v) is 7.26. The van der Waals surface area contributed by atoms with Gasteiger partial charge in [-0.05, 0) is 35.4 Å². The van der Waals surface area contributed by atoms with Crippen molar-refractivity contribution in [3.8, 4) is 0 Å². The van der Waals surface area contributed by atoms with Crippen LogP contribution in [0.5, 0.6) is 0 Å². The van der Waals surface area contributed by atoms with Gasteiger partial charge in [-0.25, -0.2) is 0 Å². The van der Waals surface area contributed by atoms with Gasteiger partial charge in [0.1, 0.15) is 11.1 Å². The van der Waals surface area contributed by atoms with E-state index in [1.807, 2.05) is 59.5 Å². The van der Waals surface area contributed by atoms with E-state index in [-0.39, 0.29) is 17.2 Å². The van der Waals surface area contributed by atoms with Gasteiger partial charge in [-0.1, -0.05) is 42.5 Å². The Morgan fingerprint density at radius 3 is 2.65 bits per heavy atom. The third-order valence-electron chi connectivity index (χ3n) is 4.98. The number of furan rings is 1. The maximum Gasteiger partial charge on any atom is 0.251 e. The van der Waals surface area contributed by atoms with E-state index in [1.54, 1.807) is 29.8 Å². The Labute approximate surface area is 190 Å². The van der Waals surface area contributed by atoms with Crippen molar-refractivity contribution < 1.29 is 14.0 Å². The van der Waals surface area contributed by atoms with E-state index in [0.717, 1.165) is 22.8 Å². The molecular weight excluding hydrogens is 428 g/mol. The Bertz CT molecular complexity index is 991. The summed E-state index contributed by atoms with van der Waals surface area (Å²) in [4.78, 5) is 26.6. The van der Waals surface area contributed by atoms with Crippen LogP contribution in [0.25, 0.3) is 0 Å². The van der Waals surface area contributed by atoms with Crippen LogP contribution in [0.3, 0.4) is 0 Å². The number of carbonyl (C=O) groups is 2. The number of hydrogen-bond acceptors (Lipinski definition) is 5. The molecule has 2 heterocycles. The summed E-state index contributed by atoms with van der Waals surface area (Å²) in [5.74, 6) is 3.05. The van der Waals surface area contributed by atoms with Crippen LogP contribution in [0, 0.1) is 0 Å². The first-order valence-electron chi connectivity index (χ1n) is 10.1. The van der Waals surface area contributed by atoms with Gasteiger partial charge in [-0.3, -0.25) is 9.59 Å². The Hall–Kier alpha value is -2.64. The van der Waals surface area contributed by atoms with E-state index in [1.165, 1.54) is 5.56 Å². The molecule has 2 aromatic carbocycles. The molecule has 5 nitrogen and oxygen atoms in total. The minimum absolute atomic E-state index is 0.0657. The lowest BCUT2D eigenvalue weighted by molar-refractivity contribution is -0.128. The molecule has 2 amide bonds. The van der Waals surface area contributed by atoms with Crippen LogP contribution in [0.4, 0.5) is 0 Å². The second-order valence-corrected chi connectivity index (χ2v) is 9.35. The Kier molecular flexibility index (Phi) is 7.38. The Morgan fingerprint density at radius 2 is 1.90 bits per heavy atom. The molecule has 1 aliphatic rings. The van der Waals surface area contributed by atoms with Crippen molar-refractivity contribution >= 4 is 35.3 Å². The minimum atomic E-state index is -0.0746. The van der Waals surface area contributed by atoms with Gasteiger partial charge in [0.25, 0.3) is 5.91 Å². The number of benzene rings is 2. The molecule has 1 N–H and O–H groups in total. The fraction of sp³-hybridized carbons (Fsp3) is 0.250. The monoisotopic (exact) mass is 452 g/mol. The van der Waals surface area contributed by atoms with Crippen LogP contribution in [-0.2, 0) is 17.1 Å². The van der Waals surface area contributed by atoms with Gasteiger partial charge in [-0.15, -0.1) is 11.8 Å². The predicted molar refractivity (Wildman–Crippen MR) is 126 cm³/mol. The van der Waals surface area contributed by atoms with Gasteiger partial charge in [0, 0.05) is 23.6 Å². The molecule has 1 aromatic heterocycles. The normalized spacial score (nSPS) is 15.9. The molecule has 3 aromatic rings. The van der Waals surface area contributed by atoms with Gasteiger partial charge < -0.3 is 14.6 Å². The lowest BCUT2D eigenvalue weighted by Crippen LogP contribution is -2.28. The quantitative estimate of drug-likeness (QED) is 0.476. The number of nitrogens with one attached hydrogen (secondary N) is 1. The van der Waals surface area contributed by atoms with Crippen molar-refractivity contribution in [1.29, 1.82) is 0 Å². The molecule has 0 saturated carbocycles. The summed E-state index contributed by atoms with van der Waals surface area (Å²) in [5, 5.41) is 2.91. The van der Waals surface area contributed by atoms with Gasteiger partial charge in [0.05, 0.1) is 18.6 Å². The third kappa shape index (κ3) is 5.74. The number of hydrogen-bond donors (Lipinski definition) is 1. The zero-order valence-electron chi connectivity index (χ0n) is 17.0. The fourth-order valence-electron chi connectivity index (χ4n) is 3.37. The molecule has 1 atom stereocenters. The average molecular weight is 453 g/mol. The molecule has 0 aliphatic carbocycles. The fourth-order valence-corrected chi connectivity index (χ4v) is 5.38. The van der Waals surface area contributed by atoms with Crippen LogP contribution in [-0.4, -0.2) is 34.8 Å². The number of thioether (sulfide) groups is 2. The van der Waals surface area contributed by atoms with Crippen molar-refractivity contribution in [3.05, 3.63) is 95.4 Å². The lowest BCUT2D eigenvalue weighted by atomic mass is 10.1. The van der Waals surface area contributed by atoms with Crippen LogP contribution in [0.2, 0.25) is 0 Å². The Balaban J connectivity index is 1.27. The van der Waals surface area contributed by atoms with Crippen LogP contribution in [0.1, 0.15) is 32.6 Å². The van der Waals surface area contributed by atoms with Crippen molar-refractivity contribution in [1.82, 2.24) is 10.2 Å². The summed E-state index contributed by atoms with van der Waals surface area (Å²) in [6.45, 7) is 1.08. The van der Waals surface area contributed by atoms with Gasteiger partial charge in [0.2, 0.25) is 5.91 Å². The summed E-state index contributed by atoms with van der Waals surface area (Å²) >= 11 is 3.40. The molecule has 1 fully saturated rings. The number of carbonyl (C=O) groups excluding carboxylic acids is 2. The van der Waals surface area contributed by atoms with E-state index in [0.29, 0.717) is 24.4 Å². The van der Waals surface area contributed by atoms with Crippen LogP contribution in [0.15, 0.2) is 77.4 Å². The number of rotatable bonds is 9. The van der Waals surface area contributed by atoms with E-state index in [9.17, 15) is 9.59 Å². The summed E-state index contributed by atoms with van der Waals surface area (Å²) in [7, 11) is 0. The average Bonchev–Trinajstić information content (AvgIpc) is 3.45. The maximum atomic E-state index is 12.4. The summed E-state index contributed by atoms with van der Waals surface area (Å²) in [6, 6.07) is 21.5. The topological polar surface area (TPSA) is 62.6 Å². The largest absolute Gasteiger partial charge is 0.467 e. The van der Waals surface area contributed by atoms with Gasteiger partial charge in [0.15, 0.2) is 0 Å². The summed E-state index contributed by atoms with van der Waals surface area (Å²) < 4.78 is 5.40. The smallest absolute Gasteiger partial charge is 0.251 e. The molecule has 0 bridgehead atoms. The SMILES string of the molecule is O=C(NCCSCc1ccccc1)c1ccc([C@H]2SCC(=O)N2Cc2ccco2)cc1. The van der Waals surface area contributed by atoms with Crippen molar-refractivity contribution in [2.24, 2.45) is 0 Å². The highest BCUT2D eigenvalue weighted by atomic mass is 32.2. The van der Waals surface area contributed by atoms with Crippen LogP contribution >= 0.6 is 23.5 Å². The molecule has 31 heavy (non-hydrogen) atoms. The summed E-state index contributed by atoms with van der Waals surface area (Å²) in [5.41, 5.74) is 2.93. The first kappa shape index (κ1) is 21.6. The van der Waals surface area contributed by atoms with E-state index in [2.05, 4.69) is 17.4 Å². The molecule has 160 valence electrons. The first-order chi connectivity index (χ1) is 15.2. The van der Waals surface area contributed by atoms with E-state index in [4.69, 9.17) is 4.42 Å². The molecule has 4 rings (SSSR count). The Morgan fingerprint density at radius 1 is 1.10 bits per heavy atom. The van der Waals surface area contributed by atoms with Gasteiger partial charge in [-0.2, -0.15) is 11.8 Å². The minimum Gasteiger partial charge on any atom is -0.467 e. The first-order valence-corrected chi connectivity index (χ1v) is 12.3. The molecule has 7 heteroatoms. The second-order valence-electron chi connectivity index (χ2n) is 7.18. The van der Waals surface area contributed by atoms with E-state index < -0.39 is 0 Å². The highest BCUT2D eigenvalue weighted by Crippen LogP contribution is 2.39. The van der Waals surface area contributed by atoms with Gasteiger partial charge >= 0.3 is 0 Å². The molecular formula is C24H24N2O3S2. The van der Waals surface area contributed by atoms with Crippen molar-refractivity contribution in [2.75, 3.05) is 18.1 Å². The zero-order valence-corrected chi connectivity index (χ0v) is 18.7. The molecule has 1 saturated heterocycles. The highest BCUT2D eigenvalue weighted by molar-refractivity contribution is 8.00. The van der Waals surface area contributed by atoms with Crippen molar-refractivity contribution in [2.45, 2.75) is 17.7 Å². The standard InChI is InChI=1S/C24H24N2O3S2/c27-22-17-31-24(26(22)15-21-7-4-13-29-21)20-10-8-19(9-11-20)23(28)25-12-14-30-16-18-5-2-1-3-6-18/h1-11,13,24H,12,14-17H2,(H,25,28)/t24-/m1/s1. The second kappa shape index (κ2) is 10.6. The molecule has 1 aliphatic heterocycles. The molecule has 0 spiro atoms. The number of nitrogens with zero attached hydrogens (tertiary/aromatic N) is 1. The predicted octanol–water partition coefficient (Wildman–Crippen LogP) is 4.72. The number of amides is 2. The lowest BCUT2D eigenvalue weighted by Gasteiger charge is -2.23. The zero-order chi connectivity index (χ0) is 21.5. The maximum absolute atomic E-state index is 12.4. The van der Waals surface area contributed by atoms with E-state index >= 15 is 0 Å². The molecule has 0 unspecified atom stereocenters. The summed E-state index contributed by atoms with van der Waals surface area (Å²) in [6.07, 6.45) is 1.62. The van der Waals surface area contributed by atoms with Crippen molar-refractivity contribution in [3.63, 3.8) is 0 Å².